The van der Waals surface area contributed by atoms with Crippen molar-refractivity contribution in [1.82, 2.24) is 0 Å². The highest BCUT2D eigenvalue weighted by Crippen LogP contribution is 2.27. The van der Waals surface area contributed by atoms with Gasteiger partial charge in [-0.3, -0.25) is 0 Å². The second kappa shape index (κ2) is 5.40. The molecule has 0 aliphatic carbocycles. The molecule has 0 atom stereocenters. The first-order valence-corrected chi connectivity index (χ1v) is 7.06. The Bertz CT molecular complexity index is 661. The molecule has 20 heavy (non-hydrogen) atoms. The Labute approximate surface area is 123 Å². The van der Waals surface area contributed by atoms with Gasteiger partial charge in [-0.05, 0) is 39.2 Å². The third-order valence-corrected chi connectivity index (χ3v) is 3.85. The number of anilines is 1. The summed E-state index contributed by atoms with van der Waals surface area (Å²) in [5.74, 6) is -0.289. The van der Waals surface area contributed by atoms with Crippen molar-refractivity contribution in [3.63, 3.8) is 0 Å². The van der Waals surface area contributed by atoms with Crippen molar-refractivity contribution in [2.75, 3.05) is 11.9 Å². The van der Waals surface area contributed by atoms with Gasteiger partial charge >= 0.3 is 0 Å². The molecule has 0 spiro atoms. The molecule has 0 saturated carbocycles. The Morgan fingerprint density at radius 3 is 2.85 bits per heavy atom. The van der Waals surface area contributed by atoms with Crippen LogP contribution in [0.2, 0.25) is 0 Å². The van der Waals surface area contributed by atoms with Gasteiger partial charge in [0, 0.05) is 19.0 Å². The Morgan fingerprint density at radius 2 is 2.00 bits per heavy atom. The summed E-state index contributed by atoms with van der Waals surface area (Å²) in [7, 11) is 0. The van der Waals surface area contributed by atoms with Crippen molar-refractivity contribution in [3.05, 3.63) is 57.6 Å². The van der Waals surface area contributed by atoms with E-state index in [1.165, 1.54) is 11.6 Å². The zero-order valence-corrected chi connectivity index (χ0v) is 12.1. The summed E-state index contributed by atoms with van der Waals surface area (Å²) in [6.07, 6.45) is 0.902. The van der Waals surface area contributed by atoms with Crippen LogP contribution >= 0.6 is 15.9 Å². The number of nitrogens with one attached hydrogen (secondary N) is 1. The van der Waals surface area contributed by atoms with E-state index in [1.54, 1.807) is 0 Å². The fraction of sp³-hybridized carbons (Fsp3) is 0.200. The molecule has 1 aliphatic rings. The Kier molecular flexibility index (Phi) is 3.61. The number of benzene rings is 2. The van der Waals surface area contributed by atoms with Gasteiger partial charge in [0.15, 0.2) is 0 Å². The second-order valence-electron chi connectivity index (χ2n) is 4.64. The van der Waals surface area contributed by atoms with Crippen molar-refractivity contribution in [2.24, 2.45) is 0 Å². The van der Waals surface area contributed by atoms with Crippen molar-refractivity contribution in [3.8, 4) is 5.75 Å². The fourth-order valence-corrected chi connectivity index (χ4v) is 2.55. The van der Waals surface area contributed by atoms with Crippen LogP contribution in [0.5, 0.6) is 5.75 Å². The number of hydrogen-bond acceptors (Lipinski definition) is 2. The van der Waals surface area contributed by atoms with Crippen LogP contribution in [0.4, 0.5) is 14.5 Å². The molecular weight excluding hydrogens is 328 g/mol. The van der Waals surface area contributed by atoms with Crippen LogP contribution in [0, 0.1) is 11.6 Å². The molecule has 104 valence electrons. The van der Waals surface area contributed by atoms with Crippen LogP contribution < -0.4 is 10.1 Å². The van der Waals surface area contributed by atoms with Gasteiger partial charge < -0.3 is 10.1 Å². The highest BCUT2D eigenvalue weighted by Gasteiger charge is 2.12. The summed E-state index contributed by atoms with van der Waals surface area (Å²) < 4.78 is 32.4. The minimum absolute atomic E-state index is 0.240. The smallest absolute Gasteiger partial charge is 0.149 e. The van der Waals surface area contributed by atoms with Crippen LogP contribution in [0.1, 0.15) is 11.1 Å². The first-order chi connectivity index (χ1) is 9.63. The van der Waals surface area contributed by atoms with E-state index in [0.29, 0.717) is 13.2 Å². The van der Waals surface area contributed by atoms with E-state index in [2.05, 4.69) is 21.2 Å². The molecule has 2 aromatic rings. The maximum atomic E-state index is 13.6. The first-order valence-electron chi connectivity index (χ1n) is 6.26. The van der Waals surface area contributed by atoms with E-state index < -0.39 is 11.6 Å². The normalized spacial score (nSPS) is 12.9. The molecule has 2 aromatic carbocycles. The summed E-state index contributed by atoms with van der Waals surface area (Å²) in [4.78, 5) is 0. The molecule has 1 N–H and O–H groups in total. The van der Waals surface area contributed by atoms with Gasteiger partial charge in [0.25, 0.3) is 0 Å². The average Bonchev–Trinajstić information content (AvgIpc) is 2.89. The minimum atomic E-state index is -0.609. The average molecular weight is 340 g/mol. The van der Waals surface area contributed by atoms with Crippen molar-refractivity contribution < 1.29 is 13.5 Å². The van der Waals surface area contributed by atoms with E-state index in [-0.39, 0.29) is 10.2 Å². The lowest BCUT2D eigenvalue weighted by atomic mass is 10.1. The van der Waals surface area contributed by atoms with Crippen LogP contribution in [-0.2, 0) is 13.0 Å². The maximum absolute atomic E-state index is 13.6. The summed E-state index contributed by atoms with van der Waals surface area (Å²) >= 11 is 3.05. The van der Waals surface area contributed by atoms with Gasteiger partial charge in [-0.1, -0.05) is 12.1 Å². The van der Waals surface area contributed by atoms with E-state index in [1.807, 2.05) is 18.2 Å². The zero-order valence-electron chi connectivity index (χ0n) is 10.6. The highest BCUT2D eigenvalue weighted by molar-refractivity contribution is 9.10. The lowest BCUT2D eigenvalue weighted by molar-refractivity contribution is 0.357. The third kappa shape index (κ3) is 2.63. The third-order valence-electron chi connectivity index (χ3n) is 3.25. The molecule has 1 aliphatic heterocycles. The lowest BCUT2D eigenvalue weighted by Crippen LogP contribution is -2.02. The molecule has 5 heteroatoms. The number of ether oxygens (including phenoxy) is 1. The van der Waals surface area contributed by atoms with Gasteiger partial charge in [-0.2, -0.15) is 0 Å². The molecule has 2 nitrogen and oxygen atoms in total. The van der Waals surface area contributed by atoms with Gasteiger partial charge in [0.05, 0.1) is 16.8 Å². The van der Waals surface area contributed by atoms with E-state index in [0.717, 1.165) is 23.8 Å². The standard InChI is InChI=1S/C15H12BrF2NO/c16-11-6-14(13(18)7-12(11)17)19-8-9-1-2-15-10(5-9)3-4-20-15/h1-2,5-7,19H,3-4,8H2. The fourth-order valence-electron chi connectivity index (χ4n) is 2.21. The quantitative estimate of drug-likeness (QED) is 0.843. The number of rotatable bonds is 3. The van der Waals surface area contributed by atoms with Gasteiger partial charge in [0.2, 0.25) is 0 Å². The van der Waals surface area contributed by atoms with Crippen LogP contribution in [0.25, 0.3) is 0 Å². The second-order valence-corrected chi connectivity index (χ2v) is 5.49. The molecule has 3 rings (SSSR count). The number of halogens is 3. The summed E-state index contributed by atoms with van der Waals surface area (Å²) in [6, 6.07) is 8.18. The SMILES string of the molecule is Fc1cc(F)c(NCc2ccc3c(c2)CCO3)cc1Br. The van der Waals surface area contributed by atoms with Crippen molar-refractivity contribution >= 4 is 21.6 Å². The largest absolute Gasteiger partial charge is 0.493 e. The maximum Gasteiger partial charge on any atom is 0.149 e. The predicted molar refractivity (Wildman–Crippen MR) is 77.0 cm³/mol. The first kappa shape index (κ1) is 13.4. The van der Waals surface area contributed by atoms with E-state index in [9.17, 15) is 8.78 Å². The lowest BCUT2D eigenvalue weighted by Gasteiger charge is -2.09. The summed E-state index contributed by atoms with van der Waals surface area (Å²) in [6.45, 7) is 1.19. The van der Waals surface area contributed by atoms with Gasteiger partial charge in [0.1, 0.15) is 17.4 Å². The molecule has 1 heterocycles. The molecule has 0 aromatic heterocycles. The summed E-state index contributed by atoms with van der Waals surface area (Å²) in [5.41, 5.74) is 2.48. The van der Waals surface area contributed by atoms with Crippen LogP contribution in [-0.4, -0.2) is 6.61 Å². The Balaban J connectivity index is 1.75. The molecule has 0 radical (unpaired) electrons. The summed E-state index contributed by atoms with van der Waals surface area (Å²) in [5, 5.41) is 2.98. The molecular formula is C15H12BrF2NO. The number of fused-ring (bicyclic) bond motifs is 1. The van der Waals surface area contributed by atoms with Crippen LogP contribution in [0.3, 0.4) is 0 Å². The Hall–Kier alpha value is -1.62. The van der Waals surface area contributed by atoms with E-state index in [4.69, 9.17) is 4.74 Å². The predicted octanol–water partition coefficient (Wildman–Crippen LogP) is 4.27. The molecule has 0 saturated heterocycles. The Morgan fingerprint density at radius 1 is 1.15 bits per heavy atom. The molecule has 0 bridgehead atoms. The topological polar surface area (TPSA) is 21.3 Å². The minimum Gasteiger partial charge on any atom is -0.493 e. The molecule has 0 fully saturated rings. The molecule has 0 amide bonds. The number of hydrogen-bond donors (Lipinski definition) is 1. The van der Waals surface area contributed by atoms with Crippen molar-refractivity contribution in [1.29, 1.82) is 0 Å². The van der Waals surface area contributed by atoms with Gasteiger partial charge in [-0.25, -0.2) is 8.78 Å². The van der Waals surface area contributed by atoms with Gasteiger partial charge in [-0.15, -0.1) is 0 Å². The monoisotopic (exact) mass is 339 g/mol. The zero-order chi connectivity index (χ0) is 14.1. The van der Waals surface area contributed by atoms with Crippen LogP contribution in [0.15, 0.2) is 34.8 Å². The highest BCUT2D eigenvalue weighted by atomic mass is 79.9. The molecule has 0 unspecified atom stereocenters. The van der Waals surface area contributed by atoms with Crippen molar-refractivity contribution in [2.45, 2.75) is 13.0 Å². The van der Waals surface area contributed by atoms with E-state index >= 15 is 0 Å².